The van der Waals surface area contributed by atoms with E-state index >= 15 is 0 Å². The molecule has 0 bridgehead atoms. The lowest BCUT2D eigenvalue weighted by Gasteiger charge is -2.34. The number of piperazine rings is 1. The zero-order valence-electron chi connectivity index (χ0n) is 18.8. The van der Waals surface area contributed by atoms with E-state index in [0.717, 1.165) is 11.1 Å². The van der Waals surface area contributed by atoms with Crippen LogP contribution >= 0.6 is 0 Å². The van der Waals surface area contributed by atoms with Crippen molar-refractivity contribution in [2.45, 2.75) is 18.7 Å². The Balaban J connectivity index is 1.45. The minimum Gasteiger partial charge on any atom is -0.492 e. The number of carbonyl (C=O) groups is 1. The summed E-state index contributed by atoms with van der Waals surface area (Å²) in [6, 6.07) is 10.9. The van der Waals surface area contributed by atoms with Gasteiger partial charge in [-0.3, -0.25) is 9.69 Å². The molecule has 0 aromatic heterocycles. The van der Waals surface area contributed by atoms with Crippen LogP contribution in [0.4, 0.5) is 4.39 Å². The van der Waals surface area contributed by atoms with E-state index in [0.29, 0.717) is 36.9 Å². The second kappa shape index (κ2) is 10.4. The lowest BCUT2D eigenvalue weighted by atomic mass is 10.1. The van der Waals surface area contributed by atoms with Crippen molar-refractivity contribution in [3.63, 3.8) is 0 Å². The number of rotatable bonds is 8. The van der Waals surface area contributed by atoms with Crippen LogP contribution in [0.2, 0.25) is 0 Å². The van der Waals surface area contributed by atoms with Gasteiger partial charge in [0.2, 0.25) is 15.9 Å². The van der Waals surface area contributed by atoms with E-state index in [9.17, 15) is 17.6 Å². The Morgan fingerprint density at radius 3 is 2.31 bits per heavy atom. The maximum absolute atomic E-state index is 12.9. The van der Waals surface area contributed by atoms with Gasteiger partial charge in [0.15, 0.2) is 0 Å². The quantitative estimate of drug-likeness (QED) is 0.601. The van der Waals surface area contributed by atoms with E-state index in [-0.39, 0.29) is 31.4 Å². The number of hydrogen-bond acceptors (Lipinski definition) is 5. The van der Waals surface area contributed by atoms with Gasteiger partial charge in [-0.15, -0.1) is 0 Å². The van der Waals surface area contributed by atoms with E-state index in [2.05, 4.69) is 0 Å². The third kappa shape index (κ3) is 6.05. The molecule has 1 aliphatic rings. The third-order valence-corrected chi connectivity index (χ3v) is 7.56. The Morgan fingerprint density at radius 2 is 1.69 bits per heavy atom. The molecule has 1 amide bonds. The van der Waals surface area contributed by atoms with Gasteiger partial charge in [-0.1, -0.05) is 6.07 Å². The maximum atomic E-state index is 12.9. The Kier molecular flexibility index (Phi) is 7.86. The molecule has 9 heteroatoms. The summed E-state index contributed by atoms with van der Waals surface area (Å²) in [6.45, 7) is 6.25. The summed E-state index contributed by atoms with van der Waals surface area (Å²) in [5.41, 5.74) is 1.98. The van der Waals surface area contributed by atoms with Crippen molar-refractivity contribution in [3.8, 4) is 5.75 Å². The highest BCUT2D eigenvalue weighted by atomic mass is 32.2. The lowest BCUT2D eigenvalue weighted by molar-refractivity contribution is -0.133. The molecule has 0 spiro atoms. The van der Waals surface area contributed by atoms with Gasteiger partial charge in [0.05, 0.1) is 11.4 Å². The first kappa shape index (κ1) is 24.2. The van der Waals surface area contributed by atoms with Crippen molar-refractivity contribution in [2.75, 3.05) is 52.9 Å². The van der Waals surface area contributed by atoms with Gasteiger partial charge in [-0.05, 0) is 68.4 Å². The Bertz CT molecular complexity index is 1040. The molecule has 7 nitrogen and oxygen atoms in total. The van der Waals surface area contributed by atoms with Crippen molar-refractivity contribution >= 4 is 15.9 Å². The number of hydrogen-bond donors (Lipinski definition) is 0. The van der Waals surface area contributed by atoms with E-state index in [1.54, 1.807) is 29.2 Å². The van der Waals surface area contributed by atoms with Crippen molar-refractivity contribution < 1.29 is 22.3 Å². The van der Waals surface area contributed by atoms with E-state index in [4.69, 9.17) is 4.74 Å². The monoisotopic (exact) mass is 463 g/mol. The summed E-state index contributed by atoms with van der Waals surface area (Å²) in [7, 11) is -1.74. The summed E-state index contributed by atoms with van der Waals surface area (Å²) in [5.74, 6) is 0.215. The smallest absolute Gasteiger partial charge is 0.243 e. The summed E-state index contributed by atoms with van der Waals surface area (Å²) < 4.78 is 45.8. The minimum absolute atomic E-state index is 0.0440. The van der Waals surface area contributed by atoms with E-state index in [1.165, 1.54) is 16.4 Å². The zero-order valence-corrected chi connectivity index (χ0v) is 19.6. The molecule has 1 heterocycles. The molecule has 2 aromatic carbocycles. The topological polar surface area (TPSA) is 70.2 Å². The molecule has 32 heavy (non-hydrogen) atoms. The summed E-state index contributed by atoms with van der Waals surface area (Å²) >= 11 is 0. The fraction of sp³-hybridized carbons (Fsp3) is 0.435. The normalized spacial score (nSPS) is 15.2. The number of likely N-dealkylation sites (N-methyl/N-ethyl adjacent to an activating group) is 1. The first-order chi connectivity index (χ1) is 15.2. The van der Waals surface area contributed by atoms with E-state index in [1.807, 2.05) is 31.9 Å². The first-order valence-electron chi connectivity index (χ1n) is 10.6. The van der Waals surface area contributed by atoms with Crippen LogP contribution in [0.5, 0.6) is 5.75 Å². The minimum atomic E-state index is -3.57. The van der Waals surface area contributed by atoms with Gasteiger partial charge >= 0.3 is 0 Å². The molecule has 0 radical (unpaired) electrons. The highest BCUT2D eigenvalue weighted by Crippen LogP contribution is 2.20. The molecule has 1 fully saturated rings. The zero-order chi connectivity index (χ0) is 23.3. The Labute approximate surface area is 189 Å². The second-order valence-electron chi connectivity index (χ2n) is 8.07. The predicted octanol–water partition coefficient (Wildman–Crippen LogP) is 2.29. The highest BCUT2D eigenvalue weighted by Gasteiger charge is 2.30. The summed E-state index contributed by atoms with van der Waals surface area (Å²) in [4.78, 5) is 16.5. The molecule has 174 valence electrons. The number of halogens is 1. The van der Waals surface area contributed by atoms with E-state index < -0.39 is 10.0 Å². The van der Waals surface area contributed by atoms with Gasteiger partial charge in [0.1, 0.15) is 18.2 Å². The van der Waals surface area contributed by atoms with Gasteiger partial charge < -0.3 is 9.64 Å². The molecule has 3 rings (SSSR count). The number of nitrogens with zero attached hydrogens (tertiary/aromatic N) is 3. The molecule has 2 aromatic rings. The molecule has 0 atom stereocenters. The lowest BCUT2D eigenvalue weighted by Crippen LogP contribution is -2.52. The van der Waals surface area contributed by atoms with Crippen LogP contribution in [0.3, 0.4) is 0 Å². The maximum Gasteiger partial charge on any atom is 0.243 e. The molecular formula is C23H30FN3O4S. The average molecular weight is 464 g/mol. The third-order valence-electron chi connectivity index (χ3n) is 5.67. The van der Waals surface area contributed by atoms with Gasteiger partial charge in [0.25, 0.3) is 0 Å². The van der Waals surface area contributed by atoms with Crippen LogP contribution in [-0.2, 0) is 14.8 Å². The van der Waals surface area contributed by atoms with Gasteiger partial charge in [-0.25, -0.2) is 12.8 Å². The van der Waals surface area contributed by atoms with Crippen molar-refractivity contribution in [3.05, 3.63) is 59.4 Å². The molecule has 1 saturated heterocycles. The standard InChI is InChI=1S/C23H30FN3O4S/c1-18-4-9-22(16-19(18)2)32(29,30)27-12-10-26(11-13-27)23(28)17-25(3)14-15-31-21-7-5-20(24)6-8-21/h4-9,16H,10-15,17H2,1-3H3. The van der Waals surface area contributed by atoms with Crippen molar-refractivity contribution in [1.82, 2.24) is 14.1 Å². The number of sulfonamides is 1. The summed E-state index contributed by atoms with van der Waals surface area (Å²) in [5, 5.41) is 0. The number of amides is 1. The molecular weight excluding hydrogens is 433 g/mol. The molecule has 0 N–H and O–H groups in total. The van der Waals surface area contributed by atoms with Gasteiger partial charge in [0, 0.05) is 32.7 Å². The number of ether oxygens (including phenoxy) is 1. The fourth-order valence-electron chi connectivity index (χ4n) is 3.46. The largest absolute Gasteiger partial charge is 0.492 e. The average Bonchev–Trinajstić information content (AvgIpc) is 2.77. The molecule has 0 saturated carbocycles. The number of carbonyl (C=O) groups excluding carboxylic acids is 1. The number of benzene rings is 2. The molecule has 0 aliphatic carbocycles. The van der Waals surface area contributed by atoms with Crippen molar-refractivity contribution in [2.24, 2.45) is 0 Å². The SMILES string of the molecule is Cc1ccc(S(=O)(=O)N2CCN(C(=O)CN(C)CCOc3ccc(F)cc3)CC2)cc1C. The van der Waals surface area contributed by atoms with Crippen molar-refractivity contribution in [1.29, 1.82) is 0 Å². The highest BCUT2D eigenvalue weighted by molar-refractivity contribution is 7.89. The molecule has 0 unspecified atom stereocenters. The second-order valence-corrected chi connectivity index (χ2v) is 10.0. The van der Waals surface area contributed by atoms with Crippen LogP contribution in [-0.4, -0.2) is 81.4 Å². The summed E-state index contributed by atoms with van der Waals surface area (Å²) in [6.07, 6.45) is 0. The van der Waals surface area contributed by atoms with Crippen LogP contribution in [0, 0.1) is 19.7 Å². The predicted molar refractivity (Wildman–Crippen MR) is 121 cm³/mol. The van der Waals surface area contributed by atoms with Crippen LogP contribution in [0.15, 0.2) is 47.4 Å². The van der Waals surface area contributed by atoms with Crippen LogP contribution < -0.4 is 4.74 Å². The van der Waals surface area contributed by atoms with Crippen LogP contribution in [0.1, 0.15) is 11.1 Å². The Hall–Kier alpha value is -2.49. The van der Waals surface area contributed by atoms with Gasteiger partial charge in [-0.2, -0.15) is 4.31 Å². The Morgan fingerprint density at radius 1 is 1.03 bits per heavy atom. The number of aryl methyl sites for hydroxylation is 2. The first-order valence-corrected chi connectivity index (χ1v) is 12.0. The fourth-order valence-corrected chi connectivity index (χ4v) is 4.97. The molecule has 1 aliphatic heterocycles. The van der Waals surface area contributed by atoms with Crippen LogP contribution in [0.25, 0.3) is 0 Å².